The number of alkyl halides is 2. The molecular formula is C12H14ClF2NO. The van der Waals surface area contributed by atoms with Crippen molar-refractivity contribution in [1.82, 2.24) is 0 Å². The first-order valence-corrected chi connectivity index (χ1v) is 5.90. The molecule has 2 rings (SSSR count). The number of rotatable bonds is 5. The fraction of sp³-hybridized carbons (Fsp3) is 0.500. The lowest BCUT2D eigenvalue weighted by molar-refractivity contribution is 0.0814. The predicted molar refractivity (Wildman–Crippen MR) is 62.9 cm³/mol. The van der Waals surface area contributed by atoms with Crippen LogP contribution in [-0.2, 0) is 0 Å². The van der Waals surface area contributed by atoms with Crippen LogP contribution in [0.5, 0.6) is 5.75 Å². The highest BCUT2D eigenvalue weighted by Gasteiger charge is 2.39. The van der Waals surface area contributed by atoms with Crippen LogP contribution in [-0.4, -0.2) is 19.6 Å². The third-order valence-electron chi connectivity index (χ3n) is 2.96. The topological polar surface area (TPSA) is 35.2 Å². The number of hydrogen-bond donors (Lipinski definition) is 1. The van der Waals surface area contributed by atoms with Gasteiger partial charge < -0.3 is 10.5 Å². The van der Waals surface area contributed by atoms with E-state index >= 15 is 0 Å². The molecule has 2 N–H and O–H groups in total. The van der Waals surface area contributed by atoms with Crippen LogP contribution in [0.3, 0.4) is 0 Å². The minimum absolute atomic E-state index is 0.298. The summed E-state index contributed by atoms with van der Waals surface area (Å²) in [6, 6.07) is 5.07. The van der Waals surface area contributed by atoms with E-state index in [1.165, 1.54) is 0 Å². The standard InChI is InChI=1S/C12H14ClF2NO/c13-8-1-2-11(17-6-12(14)15)10(4-8)9-3-7(9)5-16/h1-2,4,7,9,12H,3,5-6,16H2/t7-,9+/m0/s1. The first-order chi connectivity index (χ1) is 8.11. The van der Waals surface area contributed by atoms with Gasteiger partial charge in [-0.25, -0.2) is 8.78 Å². The second-order valence-corrected chi connectivity index (χ2v) is 4.66. The van der Waals surface area contributed by atoms with E-state index in [0.717, 1.165) is 12.0 Å². The Bertz CT molecular complexity index is 400. The molecular weight excluding hydrogens is 248 g/mol. The average Bonchev–Trinajstić information content (AvgIpc) is 3.06. The highest BCUT2D eigenvalue weighted by Crippen LogP contribution is 2.50. The zero-order valence-corrected chi connectivity index (χ0v) is 9.96. The van der Waals surface area contributed by atoms with E-state index in [0.29, 0.717) is 29.2 Å². The third kappa shape index (κ3) is 3.07. The maximum atomic E-state index is 12.1. The number of hydrogen-bond acceptors (Lipinski definition) is 2. The van der Waals surface area contributed by atoms with Crippen molar-refractivity contribution in [2.75, 3.05) is 13.2 Å². The molecule has 1 aliphatic carbocycles. The molecule has 0 bridgehead atoms. The molecule has 17 heavy (non-hydrogen) atoms. The van der Waals surface area contributed by atoms with Gasteiger partial charge in [-0.3, -0.25) is 0 Å². The quantitative estimate of drug-likeness (QED) is 0.884. The molecule has 0 saturated heterocycles. The van der Waals surface area contributed by atoms with E-state index in [9.17, 15) is 8.78 Å². The van der Waals surface area contributed by atoms with E-state index in [-0.39, 0.29) is 0 Å². The molecule has 1 aromatic rings. The maximum Gasteiger partial charge on any atom is 0.272 e. The summed E-state index contributed by atoms with van der Waals surface area (Å²) in [5, 5.41) is 0.590. The number of nitrogens with two attached hydrogens (primary N) is 1. The lowest BCUT2D eigenvalue weighted by Crippen LogP contribution is -2.09. The summed E-state index contributed by atoms with van der Waals surface area (Å²) >= 11 is 5.91. The molecule has 1 fully saturated rings. The molecule has 1 aliphatic rings. The van der Waals surface area contributed by atoms with Gasteiger partial charge in [0.15, 0.2) is 0 Å². The molecule has 0 radical (unpaired) electrons. The summed E-state index contributed by atoms with van der Waals surface area (Å²) in [7, 11) is 0. The van der Waals surface area contributed by atoms with Crippen LogP contribution < -0.4 is 10.5 Å². The molecule has 0 amide bonds. The van der Waals surface area contributed by atoms with Crippen molar-refractivity contribution in [3.8, 4) is 5.75 Å². The zero-order chi connectivity index (χ0) is 12.4. The lowest BCUT2D eigenvalue weighted by Gasteiger charge is -2.11. The van der Waals surface area contributed by atoms with Crippen molar-refractivity contribution in [3.05, 3.63) is 28.8 Å². The molecule has 2 nitrogen and oxygen atoms in total. The van der Waals surface area contributed by atoms with Crippen molar-refractivity contribution in [2.24, 2.45) is 11.7 Å². The maximum absolute atomic E-state index is 12.1. The Morgan fingerprint density at radius 3 is 2.82 bits per heavy atom. The number of halogens is 3. The van der Waals surface area contributed by atoms with E-state index in [1.807, 2.05) is 0 Å². The Kier molecular flexibility index (Phi) is 3.84. The molecule has 94 valence electrons. The third-order valence-corrected chi connectivity index (χ3v) is 3.20. The van der Waals surface area contributed by atoms with E-state index in [4.69, 9.17) is 22.1 Å². The average molecular weight is 262 g/mol. The summed E-state index contributed by atoms with van der Waals surface area (Å²) in [6.07, 6.45) is -1.50. The molecule has 0 aliphatic heterocycles. The van der Waals surface area contributed by atoms with Crippen molar-refractivity contribution in [1.29, 1.82) is 0 Å². The SMILES string of the molecule is NC[C@@H]1C[C@H]1c1cc(Cl)ccc1OCC(F)F. The van der Waals surface area contributed by atoms with Gasteiger partial charge in [0.05, 0.1) is 0 Å². The van der Waals surface area contributed by atoms with E-state index in [2.05, 4.69) is 0 Å². The fourth-order valence-electron chi connectivity index (χ4n) is 1.98. The van der Waals surface area contributed by atoms with Gasteiger partial charge in [0.2, 0.25) is 0 Å². The summed E-state index contributed by atoms with van der Waals surface area (Å²) in [5.74, 6) is 1.21. The Balaban J connectivity index is 2.14. The van der Waals surface area contributed by atoms with Gasteiger partial charge in [0.25, 0.3) is 6.43 Å². The normalized spacial score (nSPS) is 22.9. The zero-order valence-electron chi connectivity index (χ0n) is 9.20. The van der Waals surface area contributed by atoms with Gasteiger partial charge in [-0.15, -0.1) is 0 Å². The van der Waals surface area contributed by atoms with Crippen LogP contribution in [0.25, 0.3) is 0 Å². The minimum Gasteiger partial charge on any atom is -0.487 e. The summed E-state index contributed by atoms with van der Waals surface area (Å²) in [5.41, 5.74) is 6.47. The molecule has 2 atom stereocenters. The largest absolute Gasteiger partial charge is 0.487 e. The second-order valence-electron chi connectivity index (χ2n) is 4.22. The van der Waals surface area contributed by atoms with Gasteiger partial charge >= 0.3 is 0 Å². The van der Waals surface area contributed by atoms with E-state index < -0.39 is 13.0 Å². The van der Waals surface area contributed by atoms with Crippen LogP contribution >= 0.6 is 11.6 Å². The Morgan fingerprint density at radius 2 is 2.24 bits per heavy atom. The predicted octanol–water partition coefficient (Wildman–Crippen LogP) is 3.05. The van der Waals surface area contributed by atoms with Crippen LogP contribution in [0.2, 0.25) is 5.02 Å². The molecule has 0 unspecified atom stereocenters. The van der Waals surface area contributed by atoms with Gasteiger partial charge in [-0.05, 0) is 48.6 Å². The van der Waals surface area contributed by atoms with Crippen LogP contribution in [0.4, 0.5) is 8.78 Å². The number of ether oxygens (including phenoxy) is 1. The van der Waals surface area contributed by atoms with Gasteiger partial charge in [-0.1, -0.05) is 11.6 Å². The van der Waals surface area contributed by atoms with Crippen LogP contribution in [0, 0.1) is 5.92 Å². The van der Waals surface area contributed by atoms with Crippen molar-refractivity contribution in [3.63, 3.8) is 0 Å². The highest BCUT2D eigenvalue weighted by atomic mass is 35.5. The molecule has 0 aromatic heterocycles. The molecule has 1 aromatic carbocycles. The van der Waals surface area contributed by atoms with Crippen molar-refractivity contribution >= 4 is 11.6 Å². The van der Waals surface area contributed by atoms with Crippen LogP contribution in [0.1, 0.15) is 17.9 Å². The summed E-state index contributed by atoms with van der Waals surface area (Å²) < 4.78 is 29.3. The molecule has 5 heteroatoms. The first-order valence-electron chi connectivity index (χ1n) is 5.52. The first kappa shape index (κ1) is 12.6. The summed E-state index contributed by atoms with van der Waals surface area (Å²) in [6.45, 7) is 0.0140. The smallest absolute Gasteiger partial charge is 0.272 e. The Hall–Kier alpha value is -0.870. The van der Waals surface area contributed by atoms with E-state index in [1.54, 1.807) is 18.2 Å². The second kappa shape index (κ2) is 5.19. The van der Waals surface area contributed by atoms with Crippen molar-refractivity contribution < 1.29 is 13.5 Å². The summed E-state index contributed by atoms with van der Waals surface area (Å²) in [4.78, 5) is 0. The monoisotopic (exact) mass is 261 g/mol. The Labute approximate surface area is 104 Å². The van der Waals surface area contributed by atoms with Gasteiger partial charge in [-0.2, -0.15) is 0 Å². The van der Waals surface area contributed by atoms with Gasteiger partial charge in [0.1, 0.15) is 12.4 Å². The molecule has 1 saturated carbocycles. The van der Waals surface area contributed by atoms with Crippen LogP contribution in [0.15, 0.2) is 18.2 Å². The Morgan fingerprint density at radius 1 is 1.47 bits per heavy atom. The molecule has 0 spiro atoms. The minimum atomic E-state index is -2.47. The fourth-order valence-corrected chi connectivity index (χ4v) is 2.16. The lowest BCUT2D eigenvalue weighted by atomic mass is 10.1. The van der Waals surface area contributed by atoms with Crippen molar-refractivity contribution in [2.45, 2.75) is 18.8 Å². The highest BCUT2D eigenvalue weighted by molar-refractivity contribution is 6.30. The molecule has 0 heterocycles. The number of benzene rings is 1. The van der Waals surface area contributed by atoms with Gasteiger partial charge in [0, 0.05) is 5.02 Å².